The molecule has 1 aromatic rings. The van der Waals surface area contributed by atoms with Crippen LogP contribution < -0.4 is 10.6 Å². The topological polar surface area (TPSA) is 114 Å². The van der Waals surface area contributed by atoms with Gasteiger partial charge < -0.3 is 25.0 Å². The third kappa shape index (κ3) is 8.84. The molecule has 3 amide bonds. The maximum atomic E-state index is 12.7. The Bertz CT molecular complexity index is 820. The second-order valence-electron chi connectivity index (χ2n) is 6.59. The summed E-state index contributed by atoms with van der Waals surface area (Å²) < 4.78 is 9.28. The Labute approximate surface area is 194 Å². The summed E-state index contributed by atoms with van der Waals surface area (Å²) in [6.45, 7) is 1.42. The van der Waals surface area contributed by atoms with Crippen molar-refractivity contribution in [3.63, 3.8) is 0 Å². The van der Waals surface area contributed by atoms with Crippen molar-refractivity contribution in [2.24, 2.45) is 0 Å². The van der Waals surface area contributed by atoms with Crippen LogP contribution in [0.1, 0.15) is 25.3 Å². The van der Waals surface area contributed by atoms with Crippen LogP contribution in [0.25, 0.3) is 0 Å². The van der Waals surface area contributed by atoms with Crippen LogP contribution in [0.5, 0.6) is 0 Å². The van der Waals surface area contributed by atoms with Gasteiger partial charge >= 0.3 is 12.1 Å². The van der Waals surface area contributed by atoms with Crippen molar-refractivity contribution in [1.82, 2.24) is 15.5 Å². The normalized spacial score (nSPS) is 14.0. The third-order valence-corrected chi connectivity index (χ3v) is 5.95. The molecule has 31 heavy (non-hydrogen) atoms. The zero-order valence-corrected chi connectivity index (χ0v) is 19.1. The number of amides is 3. The summed E-state index contributed by atoms with van der Waals surface area (Å²) in [5, 5.41) is 5.99. The van der Waals surface area contributed by atoms with Crippen molar-refractivity contribution in [3.05, 3.63) is 33.8 Å². The molecule has 0 bridgehead atoms. The van der Waals surface area contributed by atoms with Gasteiger partial charge in [0.15, 0.2) is 0 Å². The predicted octanol–water partition coefficient (Wildman–Crippen LogP) is 2.54. The van der Waals surface area contributed by atoms with E-state index in [0.29, 0.717) is 22.5 Å². The minimum Gasteiger partial charge on any atom is -0.428 e. The highest BCUT2D eigenvalue weighted by molar-refractivity contribution is 7.99. The quantitative estimate of drug-likeness (QED) is 0.402. The van der Waals surface area contributed by atoms with Gasteiger partial charge in [0.2, 0.25) is 18.6 Å². The molecule has 1 aliphatic heterocycles. The van der Waals surface area contributed by atoms with E-state index in [-0.39, 0.29) is 31.2 Å². The summed E-state index contributed by atoms with van der Waals surface area (Å²) in [5.41, 5.74) is 0.775. The zero-order valence-electron chi connectivity index (χ0n) is 16.8. The number of esters is 1. The highest BCUT2D eigenvalue weighted by atomic mass is 35.5. The van der Waals surface area contributed by atoms with Crippen LogP contribution in [-0.4, -0.2) is 59.8 Å². The van der Waals surface area contributed by atoms with Crippen LogP contribution in [0.15, 0.2) is 18.2 Å². The van der Waals surface area contributed by atoms with Crippen molar-refractivity contribution in [2.75, 3.05) is 25.0 Å². The molecule has 1 unspecified atom stereocenters. The van der Waals surface area contributed by atoms with Crippen LogP contribution in [0.3, 0.4) is 0 Å². The number of nitrogens with zero attached hydrogens (tertiary/aromatic N) is 1. The van der Waals surface area contributed by atoms with Gasteiger partial charge in [-0.2, -0.15) is 0 Å². The fraction of sp³-hybridized carbons (Fsp3) is 0.474. The number of carbonyl (C=O) groups excluding carboxylic acids is 4. The Morgan fingerprint density at radius 3 is 2.61 bits per heavy atom. The molecule has 9 nitrogen and oxygen atoms in total. The van der Waals surface area contributed by atoms with E-state index in [1.807, 2.05) is 0 Å². The van der Waals surface area contributed by atoms with E-state index >= 15 is 0 Å². The van der Waals surface area contributed by atoms with Crippen molar-refractivity contribution < 1.29 is 28.7 Å². The molecular weight excluding hydrogens is 469 g/mol. The van der Waals surface area contributed by atoms with Gasteiger partial charge in [0.25, 0.3) is 0 Å². The monoisotopic (exact) mass is 491 g/mol. The summed E-state index contributed by atoms with van der Waals surface area (Å²) >= 11 is 13.4. The van der Waals surface area contributed by atoms with Gasteiger partial charge in [0, 0.05) is 32.2 Å². The molecule has 1 fully saturated rings. The summed E-state index contributed by atoms with van der Waals surface area (Å²) in [5.74, 6) is 0.123. The first kappa shape index (κ1) is 25.1. The molecule has 2 rings (SSSR count). The third-order valence-electron chi connectivity index (χ3n) is 4.24. The molecule has 1 aliphatic rings. The highest BCUT2D eigenvalue weighted by Crippen LogP contribution is 2.22. The van der Waals surface area contributed by atoms with E-state index in [9.17, 15) is 19.2 Å². The number of nitrogens with one attached hydrogen (secondary N) is 2. The molecule has 170 valence electrons. The van der Waals surface area contributed by atoms with E-state index in [1.165, 1.54) is 6.92 Å². The van der Waals surface area contributed by atoms with Crippen LogP contribution in [0, 0.1) is 0 Å². The predicted molar refractivity (Wildman–Crippen MR) is 117 cm³/mol. The second kappa shape index (κ2) is 12.6. The SMILES string of the molecule is CC(=O)OCOC(=O)NC(CCC(=O)NCc1ccc(Cl)c(Cl)c1)C(=O)N1CCSC1. The molecule has 1 atom stereocenters. The standard InChI is InChI=1S/C19H23Cl2N3O6S/c1-12(25)29-11-30-19(28)23-16(18(27)24-6-7-31-10-24)4-5-17(26)22-9-13-2-3-14(20)15(21)8-13/h2-3,8,16H,4-7,9-11H2,1H3,(H,22,26)(H,23,28). The van der Waals surface area contributed by atoms with Crippen molar-refractivity contribution in [2.45, 2.75) is 32.4 Å². The fourth-order valence-corrected chi connectivity index (χ4v) is 3.91. The van der Waals surface area contributed by atoms with Crippen LogP contribution >= 0.6 is 35.0 Å². The minimum atomic E-state index is -0.945. The number of benzene rings is 1. The van der Waals surface area contributed by atoms with Gasteiger partial charge in [-0.15, -0.1) is 11.8 Å². The van der Waals surface area contributed by atoms with Crippen molar-refractivity contribution in [1.29, 1.82) is 0 Å². The number of hydrogen-bond acceptors (Lipinski definition) is 7. The first-order chi connectivity index (χ1) is 14.8. The lowest BCUT2D eigenvalue weighted by molar-refractivity contribution is -0.149. The summed E-state index contributed by atoms with van der Waals surface area (Å²) in [7, 11) is 0. The summed E-state index contributed by atoms with van der Waals surface area (Å²) in [6, 6.07) is 4.09. The molecule has 0 saturated carbocycles. The zero-order chi connectivity index (χ0) is 22.8. The highest BCUT2D eigenvalue weighted by Gasteiger charge is 2.29. The Kier molecular flexibility index (Phi) is 10.2. The molecule has 1 saturated heterocycles. The van der Waals surface area contributed by atoms with Crippen LogP contribution in [0.2, 0.25) is 10.0 Å². The number of ether oxygens (including phenoxy) is 2. The number of alkyl carbamates (subject to hydrolysis) is 1. The maximum Gasteiger partial charge on any atom is 0.410 e. The van der Waals surface area contributed by atoms with E-state index in [2.05, 4.69) is 15.4 Å². The number of rotatable bonds is 9. The van der Waals surface area contributed by atoms with Gasteiger partial charge in [0.05, 0.1) is 15.9 Å². The lowest BCUT2D eigenvalue weighted by Gasteiger charge is -2.23. The van der Waals surface area contributed by atoms with E-state index in [1.54, 1.807) is 34.9 Å². The molecular formula is C19H23Cl2N3O6S. The number of carbonyl (C=O) groups is 4. The van der Waals surface area contributed by atoms with Crippen molar-refractivity contribution >= 4 is 58.8 Å². The summed E-state index contributed by atoms with van der Waals surface area (Å²) in [6.07, 6.45) is -0.832. The Balaban J connectivity index is 1.87. The molecule has 0 aliphatic carbocycles. The van der Waals surface area contributed by atoms with E-state index in [0.717, 1.165) is 11.3 Å². The lowest BCUT2D eigenvalue weighted by atomic mass is 10.1. The molecule has 1 heterocycles. The average Bonchev–Trinajstić information content (AvgIpc) is 3.26. The largest absolute Gasteiger partial charge is 0.428 e. The summed E-state index contributed by atoms with van der Waals surface area (Å²) in [4.78, 5) is 49.3. The van der Waals surface area contributed by atoms with Gasteiger partial charge in [-0.1, -0.05) is 29.3 Å². The average molecular weight is 492 g/mol. The van der Waals surface area contributed by atoms with Gasteiger partial charge in [-0.25, -0.2) is 4.79 Å². The molecule has 1 aromatic carbocycles. The second-order valence-corrected chi connectivity index (χ2v) is 8.47. The van der Waals surface area contributed by atoms with Gasteiger partial charge in [0.1, 0.15) is 6.04 Å². The van der Waals surface area contributed by atoms with E-state index in [4.69, 9.17) is 27.9 Å². The Morgan fingerprint density at radius 1 is 1.19 bits per heavy atom. The van der Waals surface area contributed by atoms with Crippen LogP contribution in [0.4, 0.5) is 4.79 Å². The number of hydrogen-bond donors (Lipinski definition) is 2. The lowest BCUT2D eigenvalue weighted by Crippen LogP contribution is -2.48. The fourth-order valence-electron chi connectivity index (χ4n) is 2.63. The van der Waals surface area contributed by atoms with E-state index < -0.39 is 24.9 Å². The molecule has 2 N–H and O–H groups in total. The Morgan fingerprint density at radius 2 is 1.97 bits per heavy atom. The molecule has 0 radical (unpaired) electrons. The van der Waals surface area contributed by atoms with Gasteiger partial charge in [-0.05, 0) is 24.1 Å². The smallest absolute Gasteiger partial charge is 0.410 e. The van der Waals surface area contributed by atoms with Crippen LogP contribution in [-0.2, 0) is 30.4 Å². The van der Waals surface area contributed by atoms with Crippen molar-refractivity contribution in [3.8, 4) is 0 Å². The number of thioether (sulfide) groups is 1. The molecule has 12 heteroatoms. The molecule has 0 aromatic heterocycles. The Hall–Kier alpha value is -2.17. The maximum absolute atomic E-state index is 12.7. The minimum absolute atomic E-state index is 0.00291. The molecule has 0 spiro atoms. The first-order valence-corrected chi connectivity index (χ1v) is 11.3. The van der Waals surface area contributed by atoms with Gasteiger partial charge in [-0.3, -0.25) is 14.4 Å². The number of halogens is 2. The first-order valence-electron chi connectivity index (χ1n) is 9.40.